The standard InChI is InChI=1S/C18H21NO4/c1-3-22-16(20)18(17(21)23-4-2)9-10-19-14(12-18)11-13-7-5-6-8-15(13)19/h5-8,11H,3-4,9-10,12H2,1-2H3. The maximum Gasteiger partial charge on any atom is 0.323 e. The Kier molecular flexibility index (Phi) is 4.11. The van der Waals surface area contributed by atoms with E-state index in [0.717, 1.165) is 16.6 Å². The highest BCUT2D eigenvalue weighted by Gasteiger charge is 2.51. The van der Waals surface area contributed by atoms with Crippen molar-refractivity contribution in [3.05, 3.63) is 36.0 Å². The Hall–Kier alpha value is -2.30. The van der Waals surface area contributed by atoms with Gasteiger partial charge < -0.3 is 14.0 Å². The lowest BCUT2D eigenvalue weighted by atomic mass is 9.78. The second-order valence-electron chi connectivity index (χ2n) is 5.80. The number of hydrogen-bond donors (Lipinski definition) is 0. The molecule has 122 valence electrons. The summed E-state index contributed by atoms with van der Waals surface area (Å²) >= 11 is 0. The van der Waals surface area contributed by atoms with Crippen LogP contribution in [0.15, 0.2) is 30.3 Å². The van der Waals surface area contributed by atoms with E-state index in [-0.39, 0.29) is 13.2 Å². The second-order valence-corrected chi connectivity index (χ2v) is 5.80. The zero-order chi connectivity index (χ0) is 16.4. The third-order valence-corrected chi connectivity index (χ3v) is 4.47. The van der Waals surface area contributed by atoms with Crippen molar-refractivity contribution < 1.29 is 19.1 Å². The third kappa shape index (κ3) is 2.50. The summed E-state index contributed by atoms with van der Waals surface area (Å²) in [5, 5.41) is 1.12. The Balaban J connectivity index is 2.03. The lowest BCUT2D eigenvalue weighted by Gasteiger charge is -2.33. The van der Waals surface area contributed by atoms with Crippen LogP contribution in [-0.4, -0.2) is 29.7 Å². The van der Waals surface area contributed by atoms with E-state index >= 15 is 0 Å². The molecule has 23 heavy (non-hydrogen) atoms. The summed E-state index contributed by atoms with van der Waals surface area (Å²) in [5.74, 6) is -0.954. The predicted molar refractivity (Wildman–Crippen MR) is 86.0 cm³/mol. The molecule has 0 N–H and O–H groups in total. The number of benzene rings is 1. The molecule has 1 aromatic heterocycles. The van der Waals surface area contributed by atoms with Crippen molar-refractivity contribution in [1.82, 2.24) is 4.57 Å². The Morgan fingerprint density at radius 2 is 1.78 bits per heavy atom. The van der Waals surface area contributed by atoms with E-state index < -0.39 is 17.4 Å². The monoisotopic (exact) mass is 315 g/mol. The van der Waals surface area contributed by atoms with Gasteiger partial charge in [0, 0.05) is 24.2 Å². The lowest BCUT2D eigenvalue weighted by molar-refractivity contribution is -0.173. The molecule has 1 aliphatic heterocycles. The van der Waals surface area contributed by atoms with Crippen LogP contribution >= 0.6 is 0 Å². The summed E-state index contributed by atoms with van der Waals surface area (Å²) in [6, 6.07) is 10.1. The first-order valence-corrected chi connectivity index (χ1v) is 8.04. The average Bonchev–Trinajstić information content (AvgIpc) is 2.92. The first kappa shape index (κ1) is 15.6. The number of carbonyl (C=O) groups excluding carboxylic acids is 2. The van der Waals surface area contributed by atoms with E-state index in [0.29, 0.717) is 19.4 Å². The number of hydrogen-bond acceptors (Lipinski definition) is 4. The number of esters is 2. The average molecular weight is 315 g/mol. The van der Waals surface area contributed by atoms with Gasteiger partial charge in [0.15, 0.2) is 5.41 Å². The summed E-state index contributed by atoms with van der Waals surface area (Å²) in [7, 11) is 0. The molecule has 0 aliphatic carbocycles. The minimum atomic E-state index is -1.23. The molecule has 2 heterocycles. The van der Waals surface area contributed by atoms with Gasteiger partial charge in [0.2, 0.25) is 0 Å². The van der Waals surface area contributed by atoms with Crippen LogP contribution in [0.2, 0.25) is 0 Å². The second kappa shape index (κ2) is 6.07. The summed E-state index contributed by atoms with van der Waals surface area (Å²) in [6.07, 6.45) is 0.718. The van der Waals surface area contributed by atoms with Crippen molar-refractivity contribution in [1.29, 1.82) is 0 Å². The van der Waals surface area contributed by atoms with Gasteiger partial charge in [0.1, 0.15) is 0 Å². The van der Waals surface area contributed by atoms with Crippen LogP contribution in [0, 0.1) is 5.41 Å². The van der Waals surface area contributed by atoms with Gasteiger partial charge in [-0.3, -0.25) is 9.59 Å². The molecule has 1 aliphatic rings. The Bertz CT molecular complexity index is 729. The van der Waals surface area contributed by atoms with Crippen molar-refractivity contribution in [3.8, 4) is 0 Å². The largest absolute Gasteiger partial charge is 0.465 e. The van der Waals surface area contributed by atoms with Gasteiger partial charge in [-0.05, 0) is 37.8 Å². The SMILES string of the molecule is CCOC(=O)C1(C(=O)OCC)CCn2c(cc3ccccc32)C1. The molecule has 0 fully saturated rings. The van der Waals surface area contributed by atoms with Crippen molar-refractivity contribution in [2.75, 3.05) is 13.2 Å². The quantitative estimate of drug-likeness (QED) is 0.643. The van der Waals surface area contributed by atoms with E-state index in [1.807, 2.05) is 24.3 Å². The van der Waals surface area contributed by atoms with Gasteiger partial charge in [0.25, 0.3) is 0 Å². The zero-order valence-corrected chi connectivity index (χ0v) is 13.5. The normalized spacial score (nSPS) is 15.9. The molecular weight excluding hydrogens is 294 g/mol. The number of aryl methyl sites for hydroxylation is 1. The Morgan fingerprint density at radius 3 is 2.43 bits per heavy atom. The highest BCUT2D eigenvalue weighted by Crippen LogP contribution is 2.38. The van der Waals surface area contributed by atoms with Crippen molar-refractivity contribution in [2.24, 2.45) is 5.41 Å². The fraction of sp³-hybridized carbons (Fsp3) is 0.444. The molecule has 0 bridgehead atoms. The zero-order valence-electron chi connectivity index (χ0n) is 13.5. The molecule has 0 unspecified atom stereocenters. The third-order valence-electron chi connectivity index (χ3n) is 4.47. The molecule has 5 nitrogen and oxygen atoms in total. The number of aromatic nitrogens is 1. The number of para-hydroxylation sites is 1. The molecule has 5 heteroatoms. The van der Waals surface area contributed by atoms with Crippen molar-refractivity contribution >= 4 is 22.8 Å². The molecule has 0 amide bonds. The molecule has 0 spiro atoms. The van der Waals surface area contributed by atoms with Gasteiger partial charge in [-0.15, -0.1) is 0 Å². The van der Waals surface area contributed by atoms with E-state index in [1.54, 1.807) is 13.8 Å². The molecule has 0 saturated heterocycles. The van der Waals surface area contributed by atoms with Crippen LogP contribution in [0.4, 0.5) is 0 Å². The smallest absolute Gasteiger partial charge is 0.323 e. The van der Waals surface area contributed by atoms with Crippen LogP contribution in [0.3, 0.4) is 0 Å². The van der Waals surface area contributed by atoms with Gasteiger partial charge in [-0.25, -0.2) is 0 Å². The van der Waals surface area contributed by atoms with Crippen LogP contribution in [0.5, 0.6) is 0 Å². The molecule has 1 aromatic carbocycles. The van der Waals surface area contributed by atoms with Crippen LogP contribution in [-0.2, 0) is 32.0 Å². The molecule has 0 saturated carbocycles. The van der Waals surface area contributed by atoms with Crippen molar-refractivity contribution in [3.63, 3.8) is 0 Å². The number of rotatable bonds is 4. The maximum absolute atomic E-state index is 12.5. The molecule has 3 rings (SSSR count). The summed E-state index contributed by atoms with van der Waals surface area (Å²) in [5.41, 5.74) is 0.874. The topological polar surface area (TPSA) is 57.5 Å². The van der Waals surface area contributed by atoms with Crippen LogP contribution in [0.1, 0.15) is 26.0 Å². The fourth-order valence-corrected chi connectivity index (χ4v) is 3.35. The lowest BCUT2D eigenvalue weighted by Crippen LogP contribution is -2.47. The van der Waals surface area contributed by atoms with Gasteiger partial charge in [-0.1, -0.05) is 18.2 Å². The van der Waals surface area contributed by atoms with E-state index in [1.165, 1.54) is 0 Å². The van der Waals surface area contributed by atoms with Gasteiger partial charge in [0.05, 0.1) is 13.2 Å². The van der Waals surface area contributed by atoms with Crippen LogP contribution < -0.4 is 0 Å². The molecule has 0 radical (unpaired) electrons. The highest BCUT2D eigenvalue weighted by molar-refractivity contribution is 6.00. The minimum Gasteiger partial charge on any atom is -0.465 e. The Labute approximate surface area is 135 Å². The van der Waals surface area contributed by atoms with Crippen LogP contribution in [0.25, 0.3) is 10.9 Å². The van der Waals surface area contributed by atoms with Gasteiger partial charge in [-0.2, -0.15) is 0 Å². The van der Waals surface area contributed by atoms with E-state index in [4.69, 9.17) is 9.47 Å². The maximum atomic E-state index is 12.5. The summed E-state index contributed by atoms with van der Waals surface area (Å²) in [6.45, 7) is 4.60. The first-order valence-electron chi connectivity index (χ1n) is 8.04. The number of carbonyl (C=O) groups is 2. The fourth-order valence-electron chi connectivity index (χ4n) is 3.35. The predicted octanol–water partition coefficient (Wildman–Crippen LogP) is 2.70. The minimum absolute atomic E-state index is 0.253. The Morgan fingerprint density at radius 1 is 1.13 bits per heavy atom. The summed E-state index contributed by atoms with van der Waals surface area (Å²) in [4.78, 5) is 25.1. The van der Waals surface area contributed by atoms with E-state index in [9.17, 15) is 9.59 Å². The number of fused-ring (bicyclic) bond motifs is 3. The van der Waals surface area contributed by atoms with Crippen molar-refractivity contribution in [2.45, 2.75) is 33.2 Å². The molecule has 0 atom stereocenters. The number of nitrogens with zero attached hydrogens (tertiary/aromatic N) is 1. The highest BCUT2D eigenvalue weighted by atomic mass is 16.6. The van der Waals surface area contributed by atoms with E-state index in [2.05, 4.69) is 10.6 Å². The summed E-state index contributed by atoms with van der Waals surface area (Å²) < 4.78 is 12.6. The number of ether oxygens (including phenoxy) is 2. The van der Waals surface area contributed by atoms with Gasteiger partial charge >= 0.3 is 11.9 Å². The first-order chi connectivity index (χ1) is 11.1. The molecule has 2 aromatic rings. The molecular formula is C18H21NO4.